The van der Waals surface area contributed by atoms with Crippen molar-refractivity contribution < 1.29 is 24.1 Å². The Labute approximate surface area is 129 Å². The Hall–Kier alpha value is -2.69. The van der Waals surface area contributed by atoms with Gasteiger partial charge in [-0.15, -0.1) is 0 Å². The number of para-hydroxylation sites is 1. The van der Waals surface area contributed by atoms with Crippen LogP contribution in [0.15, 0.2) is 42.5 Å². The van der Waals surface area contributed by atoms with Crippen LogP contribution in [0.3, 0.4) is 0 Å². The van der Waals surface area contributed by atoms with Crippen LogP contribution in [-0.2, 0) is 17.8 Å². The summed E-state index contributed by atoms with van der Waals surface area (Å²) in [7, 11) is 3.14. The molecular weight excluding hydrogens is 284 g/mol. The first-order chi connectivity index (χ1) is 10.6. The predicted molar refractivity (Wildman–Crippen MR) is 81.7 cm³/mol. The maximum Gasteiger partial charge on any atom is 0.307 e. The predicted octanol–water partition coefficient (Wildman–Crippen LogP) is 2.91. The number of rotatable bonds is 7. The van der Waals surface area contributed by atoms with Crippen molar-refractivity contribution >= 4 is 5.97 Å². The molecule has 5 nitrogen and oxygen atoms in total. The number of carboxylic acids is 1. The first kappa shape index (κ1) is 15.7. The van der Waals surface area contributed by atoms with E-state index in [1.807, 2.05) is 18.2 Å². The molecule has 2 rings (SSSR count). The lowest BCUT2D eigenvalue weighted by Gasteiger charge is -2.14. The van der Waals surface area contributed by atoms with Crippen LogP contribution in [0.25, 0.3) is 0 Å². The van der Waals surface area contributed by atoms with Crippen LogP contribution >= 0.6 is 0 Å². The molecule has 0 atom stereocenters. The smallest absolute Gasteiger partial charge is 0.307 e. The highest BCUT2D eigenvalue weighted by Gasteiger charge is 2.11. The molecule has 0 aliphatic rings. The molecule has 0 aliphatic heterocycles. The minimum atomic E-state index is -0.845. The lowest BCUT2D eigenvalue weighted by molar-refractivity contribution is -0.136. The van der Waals surface area contributed by atoms with E-state index in [-0.39, 0.29) is 6.42 Å². The number of benzene rings is 2. The highest BCUT2D eigenvalue weighted by Crippen LogP contribution is 2.37. The summed E-state index contributed by atoms with van der Waals surface area (Å²) >= 11 is 0. The van der Waals surface area contributed by atoms with Gasteiger partial charge in [-0.1, -0.05) is 30.3 Å². The lowest BCUT2D eigenvalue weighted by atomic mass is 10.1. The van der Waals surface area contributed by atoms with E-state index in [1.165, 1.54) is 0 Å². The Morgan fingerprint density at radius 2 is 1.50 bits per heavy atom. The molecule has 2 aromatic carbocycles. The van der Waals surface area contributed by atoms with Gasteiger partial charge in [0.15, 0.2) is 11.5 Å². The minimum absolute atomic E-state index is 0.0153. The number of methoxy groups -OCH3 is 2. The van der Waals surface area contributed by atoms with Crippen molar-refractivity contribution in [2.45, 2.75) is 13.0 Å². The second-order valence-corrected chi connectivity index (χ2v) is 4.67. The van der Waals surface area contributed by atoms with E-state index in [2.05, 4.69) is 0 Å². The molecule has 0 saturated carbocycles. The fourth-order valence-electron chi connectivity index (χ4n) is 2.04. The van der Waals surface area contributed by atoms with Crippen LogP contribution in [-0.4, -0.2) is 25.3 Å². The molecule has 0 unspecified atom stereocenters. The SMILES string of the molecule is COc1cccc(OC)c1OCc1ccc(CC(=O)O)cc1. The third-order valence-corrected chi connectivity index (χ3v) is 3.14. The van der Waals surface area contributed by atoms with Gasteiger partial charge in [-0.2, -0.15) is 0 Å². The Morgan fingerprint density at radius 3 is 2.00 bits per heavy atom. The molecule has 116 valence electrons. The van der Waals surface area contributed by atoms with Crippen LogP contribution in [0.5, 0.6) is 17.2 Å². The molecule has 0 bridgehead atoms. The zero-order valence-corrected chi connectivity index (χ0v) is 12.5. The van der Waals surface area contributed by atoms with E-state index in [9.17, 15) is 4.79 Å². The van der Waals surface area contributed by atoms with Gasteiger partial charge in [-0.05, 0) is 23.3 Å². The van der Waals surface area contributed by atoms with Gasteiger partial charge < -0.3 is 19.3 Å². The van der Waals surface area contributed by atoms with Crippen LogP contribution in [0.4, 0.5) is 0 Å². The summed E-state index contributed by atoms with van der Waals surface area (Å²) in [5.74, 6) is 0.897. The van der Waals surface area contributed by atoms with Crippen molar-refractivity contribution in [2.75, 3.05) is 14.2 Å². The molecule has 2 aromatic rings. The highest BCUT2D eigenvalue weighted by atomic mass is 16.5. The van der Waals surface area contributed by atoms with Crippen molar-refractivity contribution in [3.63, 3.8) is 0 Å². The highest BCUT2D eigenvalue weighted by molar-refractivity contribution is 5.70. The average molecular weight is 302 g/mol. The molecular formula is C17H18O5. The van der Waals surface area contributed by atoms with Crippen molar-refractivity contribution in [3.05, 3.63) is 53.6 Å². The van der Waals surface area contributed by atoms with Crippen molar-refractivity contribution in [2.24, 2.45) is 0 Å². The fraction of sp³-hybridized carbons (Fsp3) is 0.235. The summed E-state index contributed by atoms with van der Waals surface area (Å²) in [6.07, 6.45) is 0.0153. The number of ether oxygens (including phenoxy) is 3. The quantitative estimate of drug-likeness (QED) is 0.852. The molecule has 0 amide bonds. The summed E-state index contributed by atoms with van der Waals surface area (Å²) in [6, 6.07) is 12.7. The molecule has 1 N–H and O–H groups in total. The summed E-state index contributed by atoms with van der Waals surface area (Å²) < 4.78 is 16.3. The van der Waals surface area contributed by atoms with Crippen LogP contribution in [0.1, 0.15) is 11.1 Å². The van der Waals surface area contributed by atoms with E-state index in [0.717, 1.165) is 11.1 Å². The van der Waals surface area contributed by atoms with Crippen molar-refractivity contribution in [1.82, 2.24) is 0 Å². The van der Waals surface area contributed by atoms with E-state index >= 15 is 0 Å². The molecule has 5 heteroatoms. The van der Waals surface area contributed by atoms with Gasteiger partial charge in [0.2, 0.25) is 5.75 Å². The normalized spacial score (nSPS) is 10.1. The molecule has 22 heavy (non-hydrogen) atoms. The fourth-order valence-corrected chi connectivity index (χ4v) is 2.04. The summed E-state index contributed by atoms with van der Waals surface area (Å²) in [4.78, 5) is 10.7. The number of carbonyl (C=O) groups is 1. The third-order valence-electron chi connectivity index (χ3n) is 3.14. The number of carboxylic acid groups (broad SMARTS) is 1. The van der Waals surface area contributed by atoms with Gasteiger partial charge in [0.1, 0.15) is 6.61 Å². The van der Waals surface area contributed by atoms with Crippen molar-refractivity contribution in [3.8, 4) is 17.2 Å². The van der Waals surface area contributed by atoms with Gasteiger partial charge in [-0.3, -0.25) is 4.79 Å². The molecule has 0 aromatic heterocycles. The topological polar surface area (TPSA) is 65.0 Å². The van der Waals surface area contributed by atoms with E-state index in [4.69, 9.17) is 19.3 Å². The maximum absolute atomic E-state index is 10.7. The zero-order valence-electron chi connectivity index (χ0n) is 12.5. The molecule has 0 radical (unpaired) electrons. The largest absolute Gasteiger partial charge is 0.493 e. The Bertz CT molecular complexity index is 612. The molecule has 0 fully saturated rings. The molecule has 0 saturated heterocycles. The van der Waals surface area contributed by atoms with E-state index in [1.54, 1.807) is 38.5 Å². The second-order valence-electron chi connectivity index (χ2n) is 4.67. The Kier molecular flexibility index (Phi) is 5.25. The lowest BCUT2D eigenvalue weighted by Crippen LogP contribution is -2.02. The van der Waals surface area contributed by atoms with Gasteiger partial charge in [-0.25, -0.2) is 0 Å². The van der Waals surface area contributed by atoms with Crippen LogP contribution in [0, 0.1) is 0 Å². The first-order valence-electron chi connectivity index (χ1n) is 6.77. The Balaban J connectivity index is 2.08. The number of hydrogen-bond donors (Lipinski definition) is 1. The molecule has 0 spiro atoms. The second kappa shape index (κ2) is 7.36. The third kappa shape index (κ3) is 3.91. The maximum atomic E-state index is 10.7. The van der Waals surface area contributed by atoms with Gasteiger partial charge >= 0.3 is 5.97 Å². The van der Waals surface area contributed by atoms with Crippen LogP contribution < -0.4 is 14.2 Å². The van der Waals surface area contributed by atoms with Gasteiger partial charge in [0.05, 0.1) is 20.6 Å². The van der Waals surface area contributed by atoms with E-state index in [0.29, 0.717) is 23.9 Å². The van der Waals surface area contributed by atoms with Gasteiger partial charge in [0.25, 0.3) is 0 Å². The zero-order chi connectivity index (χ0) is 15.9. The Morgan fingerprint density at radius 1 is 0.955 bits per heavy atom. The molecule has 0 aliphatic carbocycles. The first-order valence-corrected chi connectivity index (χ1v) is 6.77. The summed E-state index contributed by atoms with van der Waals surface area (Å²) in [6.45, 7) is 0.337. The minimum Gasteiger partial charge on any atom is -0.493 e. The van der Waals surface area contributed by atoms with Gasteiger partial charge in [0, 0.05) is 0 Å². The molecule has 0 heterocycles. The monoisotopic (exact) mass is 302 g/mol. The standard InChI is InChI=1S/C17H18O5/c1-20-14-4-3-5-15(21-2)17(14)22-11-13-8-6-12(7-9-13)10-16(18)19/h3-9H,10-11H2,1-2H3,(H,18,19). The van der Waals surface area contributed by atoms with Crippen molar-refractivity contribution in [1.29, 1.82) is 0 Å². The number of aliphatic carboxylic acids is 1. The summed E-state index contributed by atoms with van der Waals surface area (Å²) in [5.41, 5.74) is 1.69. The van der Waals surface area contributed by atoms with E-state index < -0.39 is 5.97 Å². The van der Waals surface area contributed by atoms with Crippen LogP contribution in [0.2, 0.25) is 0 Å². The summed E-state index contributed by atoms with van der Waals surface area (Å²) in [5, 5.41) is 8.75. The number of hydrogen-bond acceptors (Lipinski definition) is 4. The average Bonchev–Trinajstić information content (AvgIpc) is 2.53.